The van der Waals surface area contributed by atoms with E-state index in [4.69, 9.17) is 9.47 Å². The van der Waals surface area contributed by atoms with Crippen molar-refractivity contribution < 1.29 is 65.6 Å². The first kappa shape index (κ1) is 27.3. The second-order valence-corrected chi connectivity index (χ2v) is 9.86. The van der Waals surface area contributed by atoms with Crippen LogP contribution in [0.1, 0.15) is 32.8 Å². The van der Waals surface area contributed by atoms with Gasteiger partial charge in [-0.15, -0.1) is 11.8 Å². The van der Waals surface area contributed by atoms with Gasteiger partial charge in [-0.3, -0.25) is 0 Å². The molecule has 39 heavy (non-hydrogen) atoms. The molecule has 0 saturated carbocycles. The van der Waals surface area contributed by atoms with Gasteiger partial charge in [-0.25, -0.2) is 9.59 Å². The largest absolute Gasteiger partial charge is 0.508 e. The summed E-state index contributed by atoms with van der Waals surface area (Å²) in [6.07, 6.45) is -2.59. The molecule has 0 amide bonds. The number of aliphatic carboxylic acids is 1. The fourth-order valence-corrected chi connectivity index (χ4v) is 5.36. The third-order valence-corrected chi connectivity index (χ3v) is 7.40. The fraction of sp³-hybridized carbons (Fsp3) is 0.200. The lowest BCUT2D eigenvalue weighted by atomic mass is 9.93. The van der Waals surface area contributed by atoms with E-state index < -0.39 is 69.9 Å². The van der Waals surface area contributed by atoms with Crippen molar-refractivity contribution in [1.29, 1.82) is 0 Å². The van der Waals surface area contributed by atoms with Crippen LogP contribution in [0.2, 0.25) is 0 Å². The van der Waals surface area contributed by atoms with Crippen molar-refractivity contribution in [2.75, 3.05) is 5.75 Å². The Kier molecular flexibility index (Phi) is 7.42. The monoisotopic (exact) mass is 562 g/mol. The zero-order valence-corrected chi connectivity index (χ0v) is 20.7. The molecule has 206 valence electrons. The summed E-state index contributed by atoms with van der Waals surface area (Å²) in [6.45, 7) is 0. The lowest BCUT2D eigenvalue weighted by Gasteiger charge is -2.39. The lowest BCUT2D eigenvalue weighted by Crippen LogP contribution is -2.66. The molecule has 0 aliphatic carbocycles. The number of carbonyl (C=O) groups is 2. The minimum atomic E-state index is -1.35. The van der Waals surface area contributed by atoms with Gasteiger partial charge in [0.15, 0.2) is 47.0 Å². The Morgan fingerprint density at radius 2 is 1.56 bits per heavy atom. The van der Waals surface area contributed by atoms with Gasteiger partial charge in [0.2, 0.25) is 0 Å². The van der Waals surface area contributed by atoms with Crippen LogP contribution in [-0.2, 0) is 9.53 Å². The van der Waals surface area contributed by atoms with Crippen molar-refractivity contribution in [1.82, 2.24) is 0 Å². The van der Waals surface area contributed by atoms with Gasteiger partial charge in [0.05, 0.1) is 22.1 Å². The zero-order valence-electron chi connectivity index (χ0n) is 19.9. The van der Waals surface area contributed by atoms with Gasteiger partial charge in [-0.1, -0.05) is 6.07 Å². The van der Waals surface area contributed by atoms with Crippen molar-refractivity contribution in [3.05, 3.63) is 59.2 Å². The Hall–Kier alpha value is -4.69. The summed E-state index contributed by atoms with van der Waals surface area (Å²) >= 11 is 0.963. The number of hydrogen-bond acceptors (Lipinski definition) is 12. The van der Waals surface area contributed by atoms with Crippen molar-refractivity contribution in [2.45, 2.75) is 23.5 Å². The van der Waals surface area contributed by atoms with Crippen LogP contribution in [0, 0.1) is 0 Å². The summed E-state index contributed by atoms with van der Waals surface area (Å²) in [5.41, 5.74) is 3.48. The molecule has 0 fully saturated rings. The Morgan fingerprint density at radius 3 is 2.18 bits per heavy atom. The first-order valence-corrected chi connectivity index (χ1v) is 12.3. The van der Waals surface area contributed by atoms with Gasteiger partial charge >= 0.3 is 11.9 Å². The molecule has 0 spiro atoms. The average Bonchev–Trinajstić information content (AvgIpc) is 2.87. The van der Waals surface area contributed by atoms with Crippen LogP contribution in [0.15, 0.2) is 42.5 Å². The number of thioether (sulfide) groups is 1. The minimum absolute atomic E-state index is 0.0225. The third kappa shape index (κ3) is 5.46. The predicted molar refractivity (Wildman–Crippen MR) is 133 cm³/mol. The quantitative estimate of drug-likeness (QED) is 0.146. The Labute approximate surface area is 223 Å². The Morgan fingerprint density at radius 1 is 0.897 bits per heavy atom. The second kappa shape index (κ2) is 10.6. The van der Waals surface area contributed by atoms with E-state index in [9.17, 15) is 50.4 Å². The van der Waals surface area contributed by atoms with Gasteiger partial charge < -0.3 is 56.1 Å². The fourth-order valence-electron chi connectivity index (χ4n) is 3.99. The number of quaternary nitrogens is 1. The molecule has 0 unspecified atom stereocenters. The molecule has 0 radical (unpaired) electrons. The van der Waals surface area contributed by atoms with Crippen LogP contribution >= 0.6 is 11.8 Å². The van der Waals surface area contributed by atoms with E-state index >= 15 is 0 Å². The maximum atomic E-state index is 13.2. The van der Waals surface area contributed by atoms with E-state index in [1.165, 1.54) is 12.1 Å². The number of phenols is 7. The van der Waals surface area contributed by atoms with Gasteiger partial charge in [-0.2, -0.15) is 0 Å². The number of benzene rings is 3. The summed E-state index contributed by atoms with van der Waals surface area (Å²) in [7, 11) is 0. The highest BCUT2D eigenvalue weighted by molar-refractivity contribution is 7.99. The predicted octanol–water partition coefficient (Wildman–Crippen LogP) is 1.45. The maximum absolute atomic E-state index is 13.2. The van der Waals surface area contributed by atoms with Crippen LogP contribution in [0.4, 0.5) is 0 Å². The van der Waals surface area contributed by atoms with Gasteiger partial charge in [-0.05, 0) is 24.3 Å². The van der Waals surface area contributed by atoms with Gasteiger partial charge in [0, 0.05) is 17.7 Å². The molecule has 3 aromatic rings. The summed E-state index contributed by atoms with van der Waals surface area (Å²) in [6, 6.07) is 6.51. The molecule has 4 rings (SSSR count). The molecule has 1 aliphatic heterocycles. The topological polar surface area (TPSA) is 242 Å². The minimum Gasteiger partial charge on any atom is -0.508 e. The second-order valence-electron chi connectivity index (χ2n) is 8.69. The summed E-state index contributed by atoms with van der Waals surface area (Å²) in [5.74, 6) is -6.64. The van der Waals surface area contributed by atoms with Crippen molar-refractivity contribution >= 4 is 23.7 Å². The molecule has 0 saturated heterocycles. The smallest absolute Gasteiger partial charge is 0.363 e. The number of esters is 1. The number of carboxylic acid groups (broad SMARTS) is 1. The highest BCUT2D eigenvalue weighted by Crippen LogP contribution is 2.54. The maximum Gasteiger partial charge on any atom is 0.363 e. The summed E-state index contributed by atoms with van der Waals surface area (Å²) < 4.78 is 11.7. The van der Waals surface area contributed by atoms with E-state index in [0.29, 0.717) is 0 Å². The van der Waals surface area contributed by atoms with Crippen molar-refractivity contribution in [3.63, 3.8) is 0 Å². The molecule has 4 atom stereocenters. The van der Waals surface area contributed by atoms with E-state index in [1.54, 1.807) is 0 Å². The van der Waals surface area contributed by atoms with Crippen LogP contribution < -0.4 is 10.5 Å². The molecular formula is C25H24NO12S+. The van der Waals surface area contributed by atoms with Crippen molar-refractivity contribution in [3.8, 4) is 46.0 Å². The van der Waals surface area contributed by atoms with Gasteiger partial charge in [0.25, 0.3) is 0 Å². The molecule has 0 aromatic heterocycles. The summed E-state index contributed by atoms with van der Waals surface area (Å²) in [4.78, 5) is 24.6. The molecule has 11 N–H and O–H groups in total. The number of carbonyl (C=O) groups excluding carboxylic acids is 1. The third-order valence-electron chi connectivity index (χ3n) is 5.94. The van der Waals surface area contributed by atoms with E-state index in [-0.39, 0.29) is 33.9 Å². The molecule has 0 bridgehead atoms. The number of fused-ring (bicyclic) bond motifs is 1. The van der Waals surface area contributed by atoms with Crippen LogP contribution in [0.25, 0.3) is 0 Å². The van der Waals surface area contributed by atoms with E-state index in [1.807, 2.05) is 0 Å². The molecule has 13 nitrogen and oxygen atoms in total. The number of phenolic OH excluding ortho intramolecular Hbond substituents is 7. The van der Waals surface area contributed by atoms with E-state index in [2.05, 4.69) is 5.73 Å². The normalized spacial score (nSPS) is 18.9. The number of ether oxygens (including phenoxy) is 2. The SMILES string of the molecule is [NH3+][C@H](CS[C@H]1c2c(O)cc(O)cc2O[C@H](c2ccc(O)c(O)c2)[C@@H]1OC(=O)c1cc(O)c(O)c(O)c1)C(=O)O. The summed E-state index contributed by atoms with van der Waals surface area (Å²) in [5, 5.41) is 78.3. The molecule has 1 heterocycles. The van der Waals surface area contributed by atoms with Gasteiger partial charge in [0.1, 0.15) is 17.2 Å². The molecule has 1 aliphatic rings. The highest BCUT2D eigenvalue weighted by atomic mass is 32.2. The first-order chi connectivity index (χ1) is 18.4. The standard InChI is InChI=1S/C25H23NO12S/c26-12(24(34)35)8-39-23-19-15(30)6-11(27)7-18(19)37-21(9-1-2-13(28)14(29)3-9)22(23)38-25(36)10-4-16(31)20(33)17(32)5-10/h1-7,12,21-23,27-33H,8,26H2,(H,34,35)/p+1/t12-,21-,22+,23+/m1/s1. The average molecular weight is 563 g/mol. The number of carboxylic acids is 1. The number of aromatic hydroxyl groups is 7. The first-order valence-electron chi connectivity index (χ1n) is 11.2. The molecular weight excluding hydrogens is 538 g/mol. The lowest BCUT2D eigenvalue weighted by molar-refractivity contribution is -0.400. The Bertz CT molecular complexity index is 1420. The highest BCUT2D eigenvalue weighted by Gasteiger charge is 2.45. The molecule has 14 heteroatoms. The van der Waals surface area contributed by atoms with Crippen LogP contribution in [-0.4, -0.2) is 70.7 Å². The Balaban J connectivity index is 1.84. The number of rotatable bonds is 7. The van der Waals surface area contributed by atoms with E-state index in [0.717, 1.165) is 42.1 Å². The molecule has 3 aromatic carbocycles. The van der Waals surface area contributed by atoms with Crippen LogP contribution in [0.5, 0.6) is 46.0 Å². The van der Waals surface area contributed by atoms with Crippen LogP contribution in [0.3, 0.4) is 0 Å². The zero-order chi connectivity index (χ0) is 28.6. The van der Waals surface area contributed by atoms with Crippen molar-refractivity contribution in [2.24, 2.45) is 0 Å². The number of hydrogen-bond donors (Lipinski definition) is 9.